The summed E-state index contributed by atoms with van der Waals surface area (Å²) in [7, 11) is 0. The van der Waals surface area contributed by atoms with Crippen molar-refractivity contribution in [3.05, 3.63) is 64.1 Å². The Bertz CT molecular complexity index is 919. The van der Waals surface area contributed by atoms with Crippen molar-refractivity contribution >= 4 is 45.2 Å². The SMILES string of the molecule is O=C(/C=C/c1ccc(Br)cc1)N1CCN(C(=O)c2ccc3c(c2)NCN3)CC1. The summed E-state index contributed by atoms with van der Waals surface area (Å²) in [6.45, 7) is 2.85. The molecule has 2 heterocycles. The van der Waals surface area contributed by atoms with Crippen LogP contribution in [0.2, 0.25) is 0 Å². The summed E-state index contributed by atoms with van der Waals surface area (Å²) < 4.78 is 1.01. The second kappa shape index (κ2) is 8.06. The molecular weight excluding hydrogens is 420 g/mol. The van der Waals surface area contributed by atoms with Crippen LogP contribution >= 0.6 is 15.9 Å². The summed E-state index contributed by atoms with van der Waals surface area (Å²) in [4.78, 5) is 28.8. The maximum absolute atomic E-state index is 12.8. The largest absolute Gasteiger partial charge is 0.366 e. The highest BCUT2D eigenvalue weighted by molar-refractivity contribution is 9.10. The van der Waals surface area contributed by atoms with Gasteiger partial charge in [-0.25, -0.2) is 0 Å². The highest BCUT2D eigenvalue weighted by Gasteiger charge is 2.24. The predicted molar refractivity (Wildman–Crippen MR) is 114 cm³/mol. The molecule has 0 spiro atoms. The normalized spacial score (nSPS) is 15.9. The van der Waals surface area contributed by atoms with Gasteiger partial charge >= 0.3 is 0 Å². The minimum atomic E-state index is -0.0252. The predicted octanol–water partition coefficient (Wildman–Crippen LogP) is 3.24. The summed E-state index contributed by atoms with van der Waals surface area (Å²) in [5.74, 6) is -0.0168. The molecule has 144 valence electrons. The van der Waals surface area contributed by atoms with E-state index in [9.17, 15) is 9.59 Å². The third-order valence-electron chi connectivity index (χ3n) is 4.99. The molecule has 2 N–H and O–H groups in total. The molecule has 1 fully saturated rings. The van der Waals surface area contributed by atoms with E-state index in [1.54, 1.807) is 11.0 Å². The highest BCUT2D eigenvalue weighted by Crippen LogP contribution is 2.27. The van der Waals surface area contributed by atoms with Gasteiger partial charge in [-0.2, -0.15) is 0 Å². The van der Waals surface area contributed by atoms with Crippen molar-refractivity contribution in [2.45, 2.75) is 0 Å². The Morgan fingerprint density at radius 1 is 0.893 bits per heavy atom. The molecule has 1 saturated heterocycles. The minimum absolute atomic E-state index is 0.00834. The Morgan fingerprint density at radius 3 is 2.32 bits per heavy atom. The zero-order valence-electron chi connectivity index (χ0n) is 15.3. The number of piperazine rings is 1. The van der Waals surface area contributed by atoms with Crippen LogP contribution in [0.1, 0.15) is 15.9 Å². The summed E-state index contributed by atoms with van der Waals surface area (Å²) in [6, 6.07) is 13.4. The van der Waals surface area contributed by atoms with Gasteiger partial charge in [0.05, 0.1) is 18.0 Å². The van der Waals surface area contributed by atoms with Crippen molar-refractivity contribution in [3.63, 3.8) is 0 Å². The molecule has 0 saturated carbocycles. The number of hydrogen-bond donors (Lipinski definition) is 2. The van der Waals surface area contributed by atoms with Gasteiger partial charge in [-0.05, 0) is 42.0 Å². The van der Waals surface area contributed by atoms with E-state index in [-0.39, 0.29) is 11.8 Å². The lowest BCUT2D eigenvalue weighted by Crippen LogP contribution is -2.50. The molecule has 0 aliphatic carbocycles. The Kier molecular flexibility index (Phi) is 5.34. The first-order valence-corrected chi connectivity index (χ1v) is 10.0. The van der Waals surface area contributed by atoms with Crippen LogP contribution in [0.4, 0.5) is 11.4 Å². The molecule has 2 aliphatic heterocycles. The summed E-state index contributed by atoms with van der Waals surface area (Å²) >= 11 is 3.40. The van der Waals surface area contributed by atoms with E-state index in [0.717, 1.165) is 21.4 Å². The zero-order valence-corrected chi connectivity index (χ0v) is 16.9. The van der Waals surface area contributed by atoms with Crippen LogP contribution in [0.5, 0.6) is 0 Å². The molecule has 4 rings (SSSR count). The van der Waals surface area contributed by atoms with E-state index < -0.39 is 0 Å². The molecule has 0 aromatic heterocycles. The van der Waals surface area contributed by atoms with Crippen LogP contribution in [0.25, 0.3) is 6.08 Å². The van der Waals surface area contributed by atoms with Crippen LogP contribution in [0, 0.1) is 0 Å². The first-order chi connectivity index (χ1) is 13.6. The van der Waals surface area contributed by atoms with E-state index in [1.165, 1.54) is 0 Å². The number of carbonyl (C=O) groups excluding carboxylic acids is 2. The number of nitrogens with zero attached hydrogens (tertiary/aromatic N) is 2. The molecule has 2 aliphatic rings. The van der Waals surface area contributed by atoms with Gasteiger partial charge < -0.3 is 20.4 Å². The minimum Gasteiger partial charge on any atom is -0.366 e. The van der Waals surface area contributed by atoms with E-state index >= 15 is 0 Å². The summed E-state index contributed by atoms with van der Waals surface area (Å²) in [5.41, 5.74) is 3.62. The number of benzene rings is 2. The Morgan fingerprint density at radius 2 is 1.57 bits per heavy atom. The van der Waals surface area contributed by atoms with Crippen molar-refractivity contribution in [2.75, 3.05) is 43.5 Å². The van der Waals surface area contributed by atoms with E-state index in [1.807, 2.05) is 53.4 Å². The smallest absolute Gasteiger partial charge is 0.254 e. The number of rotatable bonds is 3. The van der Waals surface area contributed by atoms with Crippen LogP contribution in [0.15, 0.2) is 53.0 Å². The third kappa shape index (κ3) is 4.04. The van der Waals surface area contributed by atoms with Gasteiger partial charge in [0, 0.05) is 42.3 Å². The number of fused-ring (bicyclic) bond motifs is 1. The number of carbonyl (C=O) groups is 2. The number of nitrogens with one attached hydrogen (secondary N) is 2. The highest BCUT2D eigenvalue weighted by atomic mass is 79.9. The molecule has 7 heteroatoms. The Balaban J connectivity index is 1.33. The van der Waals surface area contributed by atoms with Crippen LogP contribution < -0.4 is 10.6 Å². The van der Waals surface area contributed by atoms with Gasteiger partial charge in [-0.1, -0.05) is 28.1 Å². The van der Waals surface area contributed by atoms with Crippen LogP contribution in [0.3, 0.4) is 0 Å². The number of hydrogen-bond acceptors (Lipinski definition) is 4. The van der Waals surface area contributed by atoms with Crippen molar-refractivity contribution in [3.8, 4) is 0 Å². The Labute approximate surface area is 172 Å². The molecule has 2 amide bonds. The maximum atomic E-state index is 12.8. The molecule has 0 unspecified atom stereocenters. The number of amides is 2. The van der Waals surface area contributed by atoms with Gasteiger partial charge in [0.2, 0.25) is 5.91 Å². The molecular formula is C21H21BrN4O2. The van der Waals surface area contributed by atoms with Crippen LogP contribution in [-0.4, -0.2) is 54.5 Å². The van der Waals surface area contributed by atoms with Gasteiger partial charge in [0.15, 0.2) is 0 Å². The summed E-state index contributed by atoms with van der Waals surface area (Å²) in [6.07, 6.45) is 3.41. The van der Waals surface area contributed by atoms with Gasteiger partial charge in [0.25, 0.3) is 5.91 Å². The lowest BCUT2D eigenvalue weighted by atomic mass is 10.1. The number of halogens is 1. The van der Waals surface area contributed by atoms with E-state index in [0.29, 0.717) is 38.4 Å². The third-order valence-corrected chi connectivity index (χ3v) is 5.52. The average molecular weight is 441 g/mol. The fourth-order valence-corrected chi connectivity index (χ4v) is 3.64. The van der Waals surface area contributed by atoms with Crippen molar-refractivity contribution in [1.82, 2.24) is 9.80 Å². The first-order valence-electron chi connectivity index (χ1n) is 9.24. The van der Waals surface area contributed by atoms with Crippen molar-refractivity contribution in [2.24, 2.45) is 0 Å². The Hall–Kier alpha value is -2.80. The molecule has 0 atom stereocenters. The molecule has 2 aromatic carbocycles. The standard InChI is InChI=1S/C21H21BrN4O2/c22-17-5-1-15(2-6-17)3-8-20(27)25-9-11-26(12-10-25)21(28)16-4-7-18-19(13-16)24-14-23-18/h1-8,13,23-24H,9-12,14H2/b8-3+. The van der Waals surface area contributed by atoms with Crippen LogP contribution in [-0.2, 0) is 4.79 Å². The maximum Gasteiger partial charge on any atom is 0.254 e. The lowest BCUT2D eigenvalue weighted by Gasteiger charge is -2.34. The summed E-state index contributed by atoms with van der Waals surface area (Å²) in [5, 5.41) is 6.41. The fraction of sp³-hybridized carbons (Fsp3) is 0.238. The quantitative estimate of drug-likeness (QED) is 0.718. The topological polar surface area (TPSA) is 64.7 Å². The molecule has 0 radical (unpaired) electrons. The van der Waals surface area contributed by atoms with Gasteiger partial charge in [0.1, 0.15) is 0 Å². The lowest BCUT2D eigenvalue weighted by molar-refractivity contribution is -0.127. The monoisotopic (exact) mass is 440 g/mol. The fourth-order valence-electron chi connectivity index (χ4n) is 3.37. The first kappa shape index (κ1) is 18.6. The second-order valence-corrected chi connectivity index (χ2v) is 7.71. The second-order valence-electron chi connectivity index (χ2n) is 6.79. The van der Waals surface area contributed by atoms with Gasteiger partial charge in [-0.15, -0.1) is 0 Å². The average Bonchev–Trinajstić information content (AvgIpc) is 3.20. The number of anilines is 2. The molecule has 2 aromatic rings. The molecule has 6 nitrogen and oxygen atoms in total. The van der Waals surface area contributed by atoms with E-state index in [4.69, 9.17) is 0 Å². The molecule has 28 heavy (non-hydrogen) atoms. The van der Waals surface area contributed by atoms with Crippen molar-refractivity contribution < 1.29 is 9.59 Å². The zero-order chi connectivity index (χ0) is 19.5. The van der Waals surface area contributed by atoms with Gasteiger partial charge in [-0.3, -0.25) is 9.59 Å². The van der Waals surface area contributed by atoms with E-state index in [2.05, 4.69) is 26.6 Å². The molecule has 0 bridgehead atoms. The van der Waals surface area contributed by atoms with Crippen molar-refractivity contribution in [1.29, 1.82) is 0 Å².